The smallest absolute Gasteiger partial charge is 0.278 e. The summed E-state index contributed by atoms with van der Waals surface area (Å²) in [5, 5.41) is 28.7. The van der Waals surface area contributed by atoms with E-state index < -0.39 is 14.9 Å². The highest BCUT2D eigenvalue weighted by Gasteiger charge is 2.24. The van der Waals surface area contributed by atoms with Gasteiger partial charge in [0.2, 0.25) is 0 Å². The number of hydrogen-bond donors (Lipinski definition) is 1. The van der Waals surface area contributed by atoms with E-state index in [0.29, 0.717) is 22.3 Å². The van der Waals surface area contributed by atoms with Crippen LogP contribution in [0.4, 0.5) is 11.4 Å². The van der Waals surface area contributed by atoms with E-state index in [1.54, 1.807) is 55.5 Å². The van der Waals surface area contributed by atoms with Crippen LogP contribution in [0.25, 0.3) is 5.52 Å². The molecule has 0 unspecified atom stereocenters. The third kappa shape index (κ3) is 4.98. The lowest BCUT2D eigenvalue weighted by Gasteiger charge is -2.21. The van der Waals surface area contributed by atoms with E-state index in [9.17, 15) is 18.5 Å². The van der Waals surface area contributed by atoms with Gasteiger partial charge in [0.05, 0.1) is 51.9 Å². The average Bonchev–Trinajstić information content (AvgIpc) is 3.30. The van der Waals surface area contributed by atoms with E-state index in [1.807, 2.05) is 12.1 Å². The van der Waals surface area contributed by atoms with Crippen molar-refractivity contribution in [1.29, 1.82) is 5.26 Å². The summed E-state index contributed by atoms with van der Waals surface area (Å²) in [6.45, 7) is 1.85. The van der Waals surface area contributed by atoms with Crippen LogP contribution in [0.5, 0.6) is 0 Å². The van der Waals surface area contributed by atoms with Crippen molar-refractivity contribution in [2.24, 2.45) is 5.10 Å². The number of non-ortho nitro benzene ring substituents is 1. The summed E-state index contributed by atoms with van der Waals surface area (Å²) >= 11 is 0. The van der Waals surface area contributed by atoms with Gasteiger partial charge in [-0.25, -0.2) is 4.52 Å². The fourth-order valence-corrected chi connectivity index (χ4v) is 4.66. The molecule has 182 valence electrons. The fourth-order valence-electron chi connectivity index (χ4n) is 3.53. The predicted molar refractivity (Wildman–Crippen MR) is 132 cm³/mol. The molecular weight excluding hydrogens is 484 g/mol. The first-order valence-electron chi connectivity index (χ1n) is 10.5. The molecule has 0 radical (unpaired) electrons. The number of pyridine rings is 2. The summed E-state index contributed by atoms with van der Waals surface area (Å²) < 4.78 is 28.1. The number of nitro benzene ring substituents is 1. The molecule has 36 heavy (non-hydrogen) atoms. The Labute approximate surface area is 206 Å². The second-order valence-corrected chi connectivity index (χ2v) is 9.42. The molecule has 3 heterocycles. The number of anilines is 1. The van der Waals surface area contributed by atoms with E-state index in [1.165, 1.54) is 22.8 Å². The van der Waals surface area contributed by atoms with Crippen molar-refractivity contribution >= 4 is 32.6 Å². The quantitative estimate of drug-likeness (QED) is 0.218. The van der Waals surface area contributed by atoms with Crippen molar-refractivity contribution in [3.05, 3.63) is 94.1 Å². The van der Waals surface area contributed by atoms with Crippen molar-refractivity contribution in [3.63, 3.8) is 0 Å². The number of aromatic nitrogens is 3. The molecule has 0 fully saturated rings. The molecule has 4 aromatic rings. The fraction of sp³-hybridized carbons (Fsp3) is 0.130. The van der Waals surface area contributed by atoms with Crippen LogP contribution in [0, 0.1) is 21.4 Å². The minimum Gasteiger partial charge on any atom is -0.368 e. The maximum Gasteiger partial charge on any atom is 0.278 e. The number of hydrazone groups is 1. The molecule has 0 aliphatic rings. The molecule has 1 N–H and O–H groups in total. The molecule has 0 saturated carbocycles. The van der Waals surface area contributed by atoms with E-state index in [0.717, 1.165) is 6.07 Å². The van der Waals surface area contributed by atoms with Gasteiger partial charge in [-0.15, -0.1) is 0 Å². The second-order valence-electron chi connectivity index (χ2n) is 7.79. The number of rotatable bonds is 8. The minimum absolute atomic E-state index is 0.237. The summed E-state index contributed by atoms with van der Waals surface area (Å²) in [4.78, 5) is 18.4. The Hall–Kier alpha value is -4.83. The Morgan fingerprint density at radius 2 is 2.08 bits per heavy atom. The van der Waals surface area contributed by atoms with Crippen LogP contribution < -0.4 is 9.73 Å². The molecule has 0 bridgehead atoms. The highest BCUT2D eigenvalue weighted by atomic mass is 32.2. The lowest BCUT2D eigenvalue weighted by atomic mass is 10.1. The summed E-state index contributed by atoms with van der Waals surface area (Å²) in [5.74, 6) is 0. The van der Waals surface area contributed by atoms with Crippen LogP contribution in [-0.4, -0.2) is 40.7 Å². The Balaban J connectivity index is 1.69. The number of nitrogens with one attached hydrogen (secondary N) is 1. The number of nitro groups is 1. The van der Waals surface area contributed by atoms with Gasteiger partial charge in [-0.3, -0.25) is 15.1 Å². The van der Waals surface area contributed by atoms with Crippen molar-refractivity contribution in [3.8, 4) is 6.07 Å². The second kappa shape index (κ2) is 9.80. The lowest BCUT2D eigenvalue weighted by Crippen LogP contribution is -2.25. The van der Waals surface area contributed by atoms with Crippen LogP contribution in [0.1, 0.15) is 23.7 Å². The molecule has 0 aliphatic heterocycles. The van der Waals surface area contributed by atoms with Gasteiger partial charge in [0.15, 0.2) is 0 Å². The van der Waals surface area contributed by atoms with E-state index >= 15 is 0 Å². The molecular formula is C23H20N8O4S. The van der Waals surface area contributed by atoms with Gasteiger partial charge in [-0.1, -0.05) is 6.07 Å². The zero-order valence-electron chi connectivity index (χ0n) is 19.2. The third-order valence-corrected chi connectivity index (χ3v) is 6.59. The summed E-state index contributed by atoms with van der Waals surface area (Å²) in [5.41, 5.74) is 2.33. The van der Waals surface area contributed by atoms with Gasteiger partial charge < -0.3 is 4.90 Å². The van der Waals surface area contributed by atoms with Gasteiger partial charge in [0, 0.05) is 37.1 Å². The van der Waals surface area contributed by atoms with Gasteiger partial charge in [-0.05, 0) is 37.3 Å². The monoisotopic (exact) mass is 504 g/mol. The highest BCUT2D eigenvalue weighted by Crippen LogP contribution is 2.29. The zero-order chi connectivity index (χ0) is 25.9. The highest BCUT2D eigenvalue weighted by molar-refractivity contribution is 7.89. The van der Waals surface area contributed by atoms with Gasteiger partial charge in [0.25, 0.3) is 15.7 Å². The number of benzene rings is 1. The molecule has 0 atom stereocenters. The van der Waals surface area contributed by atoms with E-state index in [-0.39, 0.29) is 28.5 Å². The zero-order valence-corrected chi connectivity index (χ0v) is 20.0. The Kier molecular flexibility index (Phi) is 6.62. The van der Waals surface area contributed by atoms with Gasteiger partial charge in [0.1, 0.15) is 4.90 Å². The number of nitriles is 1. The van der Waals surface area contributed by atoms with Crippen LogP contribution in [0.15, 0.2) is 77.1 Å². The molecule has 3 aromatic heterocycles. The first-order chi connectivity index (χ1) is 17.2. The van der Waals surface area contributed by atoms with Crippen molar-refractivity contribution in [1.82, 2.24) is 19.4 Å². The van der Waals surface area contributed by atoms with E-state index in [2.05, 4.69) is 20.0 Å². The Morgan fingerprint density at radius 3 is 2.78 bits per heavy atom. The summed E-state index contributed by atoms with van der Waals surface area (Å²) in [7, 11) is -2.66. The first kappa shape index (κ1) is 24.3. The molecule has 0 saturated heterocycles. The van der Waals surface area contributed by atoms with Crippen molar-refractivity contribution in [2.75, 3.05) is 11.9 Å². The molecule has 0 aliphatic carbocycles. The minimum atomic E-state index is -4.32. The van der Waals surface area contributed by atoms with E-state index in [4.69, 9.17) is 5.26 Å². The molecule has 12 nitrogen and oxygen atoms in total. The van der Waals surface area contributed by atoms with Gasteiger partial charge >= 0.3 is 0 Å². The molecule has 1 aromatic carbocycles. The lowest BCUT2D eigenvalue weighted by molar-refractivity contribution is -0.385. The first-order valence-corrected chi connectivity index (χ1v) is 12.0. The number of nitrogens with zero attached hydrogens (tertiary/aromatic N) is 7. The molecule has 4 rings (SSSR count). The van der Waals surface area contributed by atoms with Crippen molar-refractivity contribution < 1.29 is 13.3 Å². The topological polar surface area (TPSA) is 159 Å². The molecule has 13 heteroatoms. The normalized spacial score (nSPS) is 11.8. The number of sulfonamides is 1. The third-order valence-electron chi connectivity index (χ3n) is 5.35. The number of hydrogen-bond acceptors (Lipinski definition) is 9. The molecule has 0 spiro atoms. The maximum atomic E-state index is 13.3. The number of fused-ring (bicyclic) bond motifs is 1. The van der Waals surface area contributed by atoms with Crippen LogP contribution in [-0.2, 0) is 16.6 Å². The van der Waals surface area contributed by atoms with Crippen LogP contribution in [0.3, 0.4) is 0 Å². The average molecular weight is 505 g/mol. The summed E-state index contributed by atoms with van der Waals surface area (Å²) in [6, 6.07) is 14.2. The van der Waals surface area contributed by atoms with Crippen LogP contribution in [0.2, 0.25) is 0 Å². The molecule has 0 amide bonds. The van der Waals surface area contributed by atoms with Crippen molar-refractivity contribution in [2.45, 2.75) is 18.4 Å². The van der Waals surface area contributed by atoms with Crippen LogP contribution >= 0.6 is 0 Å². The maximum absolute atomic E-state index is 13.3. The predicted octanol–water partition coefficient (Wildman–Crippen LogP) is 2.85. The largest absolute Gasteiger partial charge is 0.368 e. The van der Waals surface area contributed by atoms with Gasteiger partial charge in [-0.2, -0.15) is 28.7 Å². The SMILES string of the molecule is CC(=NNS(=O)(=O)c1cc([N+](=O)[O-])ccc1N(C)Cc1ccccn1)c1cnn2ccc(C#N)cc12. The Bertz CT molecular complexity index is 1630. The Morgan fingerprint density at radius 1 is 1.28 bits per heavy atom. The standard InChI is InChI=1S/C23H20N8O4S/c1-16(20-14-26-30-10-8-17(13-24)11-22(20)30)27-28-36(34,35)23-12-19(31(32)33)6-7-21(23)29(2)15-18-5-3-4-9-25-18/h3-12,14,28H,15H2,1-2H3. The summed E-state index contributed by atoms with van der Waals surface area (Å²) in [6.07, 6.45) is 4.74.